The van der Waals surface area contributed by atoms with Crippen LogP contribution < -0.4 is 10.9 Å². The van der Waals surface area contributed by atoms with Crippen molar-refractivity contribution in [2.75, 3.05) is 26.2 Å². The Morgan fingerprint density at radius 1 is 1.27 bits per heavy atom. The third-order valence-corrected chi connectivity index (χ3v) is 4.59. The summed E-state index contributed by atoms with van der Waals surface area (Å²) in [7, 11) is 0. The van der Waals surface area contributed by atoms with E-state index in [1.807, 2.05) is 6.92 Å². The predicted molar refractivity (Wildman–Crippen MR) is 96.8 cm³/mol. The van der Waals surface area contributed by atoms with Crippen molar-refractivity contribution in [3.8, 4) is 0 Å². The van der Waals surface area contributed by atoms with Crippen molar-refractivity contribution in [1.29, 1.82) is 0 Å². The maximum atomic E-state index is 14.3. The van der Waals surface area contributed by atoms with Crippen LogP contribution in [0.5, 0.6) is 0 Å². The molecule has 0 bridgehead atoms. The lowest BCUT2D eigenvalue weighted by Crippen LogP contribution is -2.34. The number of H-pyrrole nitrogens is 1. The monoisotopic (exact) mass is 358 g/mol. The first kappa shape index (κ1) is 18.3. The zero-order valence-electron chi connectivity index (χ0n) is 14.8. The van der Waals surface area contributed by atoms with Gasteiger partial charge in [0.1, 0.15) is 5.82 Å². The molecule has 0 radical (unpaired) electrons. The highest BCUT2D eigenvalue weighted by Gasteiger charge is 2.20. The lowest BCUT2D eigenvalue weighted by Gasteiger charge is -2.20. The topological polar surface area (TPSA) is 78.1 Å². The molecule has 7 heteroatoms. The van der Waals surface area contributed by atoms with E-state index in [4.69, 9.17) is 0 Å². The number of amides is 1. The Kier molecular flexibility index (Phi) is 5.78. The number of halogens is 1. The summed E-state index contributed by atoms with van der Waals surface area (Å²) in [4.78, 5) is 26.0. The van der Waals surface area contributed by atoms with E-state index in [1.54, 1.807) is 23.1 Å². The Morgan fingerprint density at radius 2 is 2.12 bits per heavy atom. The molecule has 0 aliphatic carbocycles. The quantitative estimate of drug-likeness (QED) is 0.868. The normalized spacial score (nSPS) is 14.9. The van der Waals surface area contributed by atoms with Crippen molar-refractivity contribution in [3.63, 3.8) is 0 Å². The summed E-state index contributed by atoms with van der Waals surface area (Å²) in [5.41, 5.74) is 2.02. The molecule has 2 heterocycles. The first-order valence-corrected chi connectivity index (χ1v) is 8.94. The van der Waals surface area contributed by atoms with Gasteiger partial charge in [0.2, 0.25) is 0 Å². The molecule has 6 nitrogen and oxygen atoms in total. The summed E-state index contributed by atoms with van der Waals surface area (Å²) >= 11 is 0. The van der Waals surface area contributed by atoms with Crippen molar-refractivity contribution in [3.05, 3.63) is 62.8 Å². The molecule has 1 aliphatic rings. The summed E-state index contributed by atoms with van der Waals surface area (Å²) in [5.74, 6) is -0.795. The lowest BCUT2D eigenvalue weighted by molar-refractivity contribution is 0.0761. The van der Waals surface area contributed by atoms with Crippen LogP contribution in [0.2, 0.25) is 0 Å². The molecule has 2 N–H and O–H groups in total. The van der Waals surface area contributed by atoms with Gasteiger partial charge in [-0.1, -0.05) is 13.0 Å². The van der Waals surface area contributed by atoms with Gasteiger partial charge in [-0.15, -0.1) is 0 Å². The minimum absolute atomic E-state index is 0.0875. The maximum absolute atomic E-state index is 14.3. The summed E-state index contributed by atoms with van der Waals surface area (Å²) in [5, 5.41) is 9.76. The van der Waals surface area contributed by atoms with Crippen LogP contribution in [0, 0.1) is 5.82 Å². The molecule has 0 atom stereocenters. The Bertz CT molecular complexity index is 842. The van der Waals surface area contributed by atoms with Crippen LogP contribution in [0.3, 0.4) is 0 Å². The van der Waals surface area contributed by atoms with Crippen LogP contribution >= 0.6 is 0 Å². The molecule has 1 amide bonds. The van der Waals surface area contributed by atoms with Crippen LogP contribution in [0.1, 0.15) is 40.5 Å². The Balaban J connectivity index is 1.83. The summed E-state index contributed by atoms with van der Waals surface area (Å²) in [6.45, 7) is 4.68. The number of rotatable bonds is 4. The van der Waals surface area contributed by atoms with Crippen LogP contribution in [0.4, 0.5) is 4.39 Å². The fourth-order valence-electron chi connectivity index (χ4n) is 3.12. The summed E-state index contributed by atoms with van der Waals surface area (Å²) < 4.78 is 14.3. The summed E-state index contributed by atoms with van der Waals surface area (Å²) in [6, 6.07) is 6.32. The van der Waals surface area contributed by atoms with E-state index in [-0.39, 0.29) is 17.0 Å². The van der Waals surface area contributed by atoms with E-state index in [2.05, 4.69) is 15.5 Å². The molecule has 2 aromatic rings. The first-order valence-electron chi connectivity index (χ1n) is 8.94. The van der Waals surface area contributed by atoms with Crippen molar-refractivity contribution < 1.29 is 9.18 Å². The molecular formula is C19H23FN4O2. The Labute approximate surface area is 151 Å². The number of hydrogen-bond donors (Lipinski definition) is 2. The SMILES string of the molecule is CCc1cc(Cc2ccc(F)c(C(=O)N3CCCNCC3)c2)n[nH]c1=O. The van der Waals surface area contributed by atoms with E-state index in [9.17, 15) is 14.0 Å². The van der Waals surface area contributed by atoms with Crippen LogP contribution in [0.15, 0.2) is 29.1 Å². The predicted octanol–water partition coefficient (Wildman–Crippen LogP) is 1.50. The van der Waals surface area contributed by atoms with Gasteiger partial charge in [-0.3, -0.25) is 9.59 Å². The van der Waals surface area contributed by atoms with Crippen molar-refractivity contribution >= 4 is 5.91 Å². The van der Waals surface area contributed by atoms with E-state index >= 15 is 0 Å². The minimum atomic E-state index is -0.514. The molecule has 1 aliphatic heterocycles. The van der Waals surface area contributed by atoms with Crippen LogP contribution in [0.25, 0.3) is 0 Å². The first-order chi connectivity index (χ1) is 12.6. The molecule has 1 aromatic carbocycles. The van der Waals surface area contributed by atoms with Crippen LogP contribution in [-0.2, 0) is 12.8 Å². The van der Waals surface area contributed by atoms with Gasteiger partial charge in [0.05, 0.1) is 11.3 Å². The number of nitrogens with zero attached hydrogens (tertiary/aromatic N) is 2. The van der Waals surface area contributed by atoms with E-state index < -0.39 is 5.82 Å². The van der Waals surface area contributed by atoms with Gasteiger partial charge in [-0.05, 0) is 43.1 Å². The molecule has 1 saturated heterocycles. The Hall–Kier alpha value is -2.54. The molecule has 1 fully saturated rings. The second kappa shape index (κ2) is 8.23. The van der Waals surface area contributed by atoms with Gasteiger partial charge in [-0.2, -0.15) is 5.10 Å². The number of carbonyl (C=O) groups is 1. The van der Waals surface area contributed by atoms with Gasteiger partial charge in [0.25, 0.3) is 11.5 Å². The molecule has 26 heavy (non-hydrogen) atoms. The molecule has 0 saturated carbocycles. The number of nitrogens with one attached hydrogen (secondary N) is 2. The molecular weight excluding hydrogens is 335 g/mol. The number of aromatic nitrogens is 2. The molecule has 138 valence electrons. The van der Waals surface area contributed by atoms with Gasteiger partial charge >= 0.3 is 0 Å². The van der Waals surface area contributed by atoms with Gasteiger partial charge < -0.3 is 10.2 Å². The van der Waals surface area contributed by atoms with Crippen molar-refractivity contribution in [1.82, 2.24) is 20.4 Å². The van der Waals surface area contributed by atoms with Gasteiger partial charge in [-0.25, -0.2) is 9.49 Å². The molecule has 0 unspecified atom stereocenters. The number of hydrogen-bond acceptors (Lipinski definition) is 4. The standard InChI is InChI=1S/C19H23FN4O2/c1-2-14-12-15(22-23-18(14)25)10-13-4-5-17(20)16(11-13)19(26)24-8-3-6-21-7-9-24/h4-5,11-12,21H,2-3,6-10H2,1H3,(H,23,25). The number of carbonyl (C=O) groups excluding carboxylic acids is 1. The second-order valence-corrected chi connectivity index (χ2v) is 6.45. The number of aryl methyl sites for hydroxylation is 1. The maximum Gasteiger partial charge on any atom is 0.267 e. The van der Waals surface area contributed by atoms with Crippen molar-refractivity contribution in [2.24, 2.45) is 0 Å². The largest absolute Gasteiger partial charge is 0.337 e. The highest BCUT2D eigenvalue weighted by atomic mass is 19.1. The zero-order valence-corrected chi connectivity index (χ0v) is 14.8. The number of aromatic amines is 1. The lowest BCUT2D eigenvalue weighted by atomic mass is 10.0. The third-order valence-electron chi connectivity index (χ3n) is 4.59. The van der Waals surface area contributed by atoms with Crippen molar-refractivity contribution in [2.45, 2.75) is 26.2 Å². The smallest absolute Gasteiger partial charge is 0.267 e. The average molecular weight is 358 g/mol. The summed E-state index contributed by atoms with van der Waals surface area (Å²) in [6.07, 6.45) is 1.89. The van der Waals surface area contributed by atoms with E-state index in [1.165, 1.54) is 6.07 Å². The van der Waals surface area contributed by atoms with E-state index in [0.717, 1.165) is 18.5 Å². The fraction of sp³-hybridized carbons (Fsp3) is 0.421. The second-order valence-electron chi connectivity index (χ2n) is 6.45. The Morgan fingerprint density at radius 3 is 2.92 bits per heavy atom. The van der Waals surface area contributed by atoms with E-state index in [0.29, 0.717) is 43.7 Å². The third kappa shape index (κ3) is 4.16. The average Bonchev–Trinajstić information content (AvgIpc) is 2.93. The highest BCUT2D eigenvalue weighted by Crippen LogP contribution is 2.16. The van der Waals surface area contributed by atoms with Crippen LogP contribution in [-0.4, -0.2) is 47.2 Å². The number of benzene rings is 1. The van der Waals surface area contributed by atoms with Gasteiger partial charge in [0, 0.05) is 31.6 Å². The molecule has 1 aromatic heterocycles. The zero-order chi connectivity index (χ0) is 18.5. The van der Waals surface area contributed by atoms with Gasteiger partial charge in [0.15, 0.2) is 0 Å². The fourth-order valence-corrected chi connectivity index (χ4v) is 3.12. The minimum Gasteiger partial charge on any atom is -0.337 e. The highest BCUT2D eigenvalue weighted by molar-refractivity contribution is 5.94. The molecule has 0 spiro atoms. The molecule has 3 rings (SSSR count).